The number of ether oxygens (including phenoxy) is 2. The lowest BCUT2D eigenvalue weighted by atomic mass is 9.76. The zero-order chi connectivity index (χ0) is 30.2. The summed E-state index contributed by atoms with van der Waals surface area (Å²) in [5.41, 5.74) is 10.1. The second-order valence-corrected chi connectivity index (χ2v) is 11.9. The molecule has 4 aromatic rings. The number of esters is 1. The van der Waals surface area contributed by atoms with E-state index in [1.807, 2.05) is 23.1 Å². The van der Waals surface area contributed by atoms with Crippen molar-refractivity contribution in [3.8, 4) is 17.0 Å². The molecule has 2 atom stereocenters. The van der Waals surface area contributed by atoms with E-state index in [4.69, 9.17) is 15.2 Å². The zero-order valence-corrected chi connectivity index (χ0v) is 24.3. The van der Waals surface area contributed by atoms with E-state index in [0.717, 1.165) is 34.2 Å². The fourth-order valence-corrected chi connectivity index (χ4v) is 6.62. The highest BCUT2D eigenvalue weighted by molar-refractivity contribution is 7.16. The summed E-state index contributed by atoms with van der Waals surface area (Å²) in [4.78, 5) is 26.7. The lowest BCUT2D eigenvalue weighted by molar-refractivity contribution is -0.198. The summed E-state index contributed by atoms with van der Waals surface area (Å²) >= 11 is 1.50. The van der Waals surface area contributed by atoms with E-state index in [-0.39, 0.29) is 34.8 Å². The number of halogens is 3. The van der Waals surface area contributed by atoms with Gasteiger partial charge in [-0.15, -0.1) is 11.3 Å². The molecule has 2 aromatic carbocycles. The SMILES string of the molecule is CCOC(=O)C1CC2(CCN(c3cc(O[C@H](c4ccc(-c5ccc6ncsc6c5)cc4)C(F)(F)F)nc(N)n3)CC2)CN1. The number of benzene rings is 2. The van der Waals surface area contributed by atoms with Crippen molar-refractivity contribution in [3.05, 3.63) is 59.6 Å². The number of nitrogen functional groups attached to an aromatic ring is 1. The number of fused-ring (bicyclic) bond motifs is 1. The Morgan fingerprint density at radius 2 is 1.88 bits per heavy atom. The number of nitrogens with one attached hydrogen (secondary N) is 1. The van der Waals surface area contributed by atoms with E-state index >= 15 is 0 Å². The first-order valence-corrected chi connectivity index (χ1v) is 15.0. The van der Waals surface area contributed by atoms with Crippen LogP contribution in [-0.2, 0) is 9.53 Å². The van der Waals surface area contributed by atoms with Crippen molar-refractivity contribution in [2.24, 2.45) is 5.41 Å². The molecule has 1 spiro atoms. The van der Waals surface area contributed by atoms with Gasteiger partial charge in [0.1, 0.15) is 11.9 Å². The summed E-state index contributed by atoms with van der Waals surface area (Å²) < 4.78 is 54.4. The predicted molar refractivity (Wildman–Crippen MR) is 158 cm³/mol. The highest BCUT2D eigenvalue weighted by Crippen LogP contribution is 2.42. The number of hydrogen-bond donors (Lipinski definition) is 2. The Labute approximate surface area is 250 Å². The maximum absolute atomic E-state index is 14.3. The number of nitrogens with two attached hydrogens (primary N) is 1. The number of thiazole rings is 1. The molecule has 0 bridgehead atoms. The van der Waals surface area contributed by atoms with Gasteiger partial charge in [-0.2, -0.15) is 23.1 Å². The molecule has 9 nitrogen and oxygen atoms in total. The van der Waals surface area contributed by atoms with Crippen LogP contribution in [-0.4, -0.2) is 59.4 Å². The van der Waals surface area contributed by atoms with Gasteiger partial charge in [-0.1, -0.05) is 30.3 Å². The standard InChI is InChI=1S/C30H31F3N6O3S/c1-2-41-27(40)22-15-29(16-35-22)9-11-39(12-10-29)24-14-25(38-28(34)37-24)42-26(30(31,32)33)19-5-3-18(4-6-19)20-7-8-21-23(13-20)43-17-36-21/h3-8,13-14,17,22,26,35H,2,9-12,15-16H2,1H3,(H2,34,37,38)/t22?,26-/m1/s1. The van der Waals surface area contributed by atoms with Crippen molar-refractivity contribution in [2.45, 2.75) is 44.5 Å². The maximum Gasteiger partial charge on any atom is 0.429 e. The largest absolute Gasteiger partial charge is 0.465 e. The molecule has 0 amide bonds. The fraction of sp³-hybridized carbons (Fsp3) is 0.400. The van der Waals surface area contributed by atoms with Crippen molar-refractivity contribution in [2.75, 3.05) is 36.9 Å². The number of rotatable bonds is 7. The van der Waals surface area contributed by atoms with Gasteiger partial charge < -0.3 is 25.4 Å². The third kappa shape index (κ3) is 6.23. The highest BCUT2D eigenvalue weighted by Gasteiger charge is 2.45. The molecular weight excluding hydrogens is 581 g/mol. The van der Waals surface area contributed by atoms with Crippen LogP contribution in [0.3, 0.4) is 0 Å². The Morgan fingerprint density at radius 3 is 2.60 bits per heavy atom. The van der Waals surface area contributed by atoms with Crippen LogP contribution in [0, 0.1) is 5.41 Å². The van der Waals surface area contributed by atoms with Crippen molar-refractivity contribution in [1.82, 2.24) is 20.3 Å². The average Bonchev–Trinajstić information content (AvgIpc) is 3.63. The number of nitrogens with zero attached hydrogens (tertiary/aromatic N) is 4. The van der Waals surface area contributed by atoms with Crippen molar-refractivity contribution >= 4 is 39.3 Å². The van der Waals surface area contributed by atoms with Crippen LogP contribution in [0.1, 0.15) is 37.9 Å². The molecule has 6 rings (SSSR count). The first kappa shape index (κ1) is 29.1. The van der Waals surface area contributed by atoms with E-state index in [1.165, 1.54) is 29.5 Å². The number of piperidine rings is 1. The summed E-state index contributed by atoms with van der Waals surface area (Å²) in [5, 5.41) is 3.28. The van der Waals surface area contributed by atoms with Gasteiger partial charge >= 0.3 is 12.1 Å². The van der Waals surface area contributed by atoms with Gasteiger partial charge in [0.05, 0.1) is 22.3 Å². The molecule has 226 valence electrons. The fourth-order valence-electron chi connectivity index (χ4n) is 5.90. The topological polar surface area (TPSA) is 115 Å². The molecule has 0 saturated carbocycles. The zero-order valence-electron chi connectivity index (χ0n) is 23.4. The Kier molecular flexibility index (Phi) is 7.86. The molecule has 43 heavy (non-hydrogen) atoms. The van der Waals surface area contributed by atoms with E-state index in [0.29, 0.717) is 38.5 Å². The minimum atomic E-state index is -4.70. The van der Waals surface area contributed by atoms with E-state index in [2.05, 4.69) is 20.3 Å². The van der Waals surface area contributed by atoms with Crippen LogP contribution in [0.5, 0.6) is 5.88 Å². The molecule has 0 radical (unpaired) electrons. The second kappa shape index (κ2) is 11.6. The van der Waals surface area contributed by atoms with Gasteiger partial charge in [0, 0.05) is 31.3 Å². The van der Waals surface area contributed by atoms with Crippen LogP contribution < -0.4 is 20.7 Å². The highest BCUT2D eigenvalue weighted by atomic mass is 32.1. The van der Waals surface area contributed by atoms with Crippen molar-refractivity contribution in [1.29, 1.82) is 0 Å². The molecule has 4 heterocycles. The van der Waals surface area contributed by atoms with E-state index < -0.39 is 12.3 Å². The molecule has 0 aliphatic carbocycles. The number of alkyl halides is 3. The molecule has 1 unspecified atom stereocenters. The lowest BCUT2D eigenvalue weighted by Gasteiger charge is -2.39. The summed E-state index contributed by atoms with van der Waals surface area (Å²) in [6.45, 7) is 4.03. The minimum Gasteiger partial charge on any atom is -0.465 e. The van der Waals surface area contributed by atoms with Crippen molar-refractivity contribution < 1.29 is 27.4 Å². The second-order valence-electron chi connectivity index (χ2n) is 11.0. The van der Waals surface area contributed by atoms with Gasteiger partial charge in [-0.25, -0.2) is 4.98 Å². The predicted octanol–water partition coefficient (Wildman–Crippen LogP) is 5.53. The maximum atomic E-state index is 14.3. The Balaban J connectivity index is 1.16. The van der Waals surface area contributed by atoms with Gasteiger partial charge in [-0.05, 0) is 54.9 Å². The Bertz CT molecular complexity index is 1600. The molecule has 2 aliphatic heterocycles. The quantitative estimate of drug-likeness (QED) is 0.260. The third-order valence-electron chi connectivity index (χ3n) is 8.20. The normalized spacial score (nSPS) is 19.1. The van der Waals surface area contributed by atoms with Gasteiger partial charge in [-0.3, -0.25) is 4.79 Å². The number of hydrogen-bond acceptors (Lipinski definition) is 10. The number of carbonyl (C=O) groups excluding carboxylic acids is 1. The first-order valence-electron chi connectivity index (χ1n) is 14.1. The number of aromatic nitrogens is 3. The van der Waals surface area contributed by atoms with Crippen molar-refractivity contribution in [3.63, 3.8) is 0 Å². The van der Waals surface area contributed by atoms with Crippen LogP contribution in [0.2, 0.25) is 0 Å². The average molecular weight is 613 g/mol. The van der Waals surface area contributed by atoms with E-state index in [1.54, 1.807) is 24.6 Å². The molecule has 3 N–H and O–H groups in total. The number of anilines is 2. The van der Waals surface area contributed by atoms with Gasteiger partial charge in [0.2, 0.25) is 17.9 Å². The molecule has 2 aromatic heterocycles. The molecule has 2 fully saturated rings. The minimum absolute atomic E-state index is 0.0498. The Hall–Kier alpha value is -3.97. The molecule has 2 aliphatic rings. The first-order chi connectivity index (χ1) is 20.6. The summed E-state index contributed by atoms with van der Waals surface area (Å²) in [6, 6.07) is 13.0. The van der Waals surface area contributed by atoms with Crippen LogP contribution in [0.4, 0.5) is 24.9 Å². The third-order valence-corrected chi connectivity index (χ3v) is 8.99. The van der Waals surface area contributed by atoms with E-state index in [9.17, 15) is 18.0 Å². The van der Waals surface area contributed by atoms with Gasteiger partial charge in [0.25, 0.3) is 0 Å². The number of carbonyl (C=O) groups is 1. The molecular formula is C30H31F3N6O3S. The van der Waals surface area contributed by atoms with Crippen LogP contribution >= 0.6 is 11.3 Å². The lowest BCUT2D eigenvalue weighted by Crippen LogP contribution is -2.41. The summed E-state index contributed by atoms with van der Waals surface area (Å²) in [5.74, 6) is -0.263. The monoisotopic (exact) mass is 612 g/mol. The Morgan fingerprint density at radius 1 is 1.14 bits per heavy atom. The smallest absolute Gasteiger partial charge is 0.429 e. The summed E-state index contributed by atoms with van der Waals surface area (Å²) in [7, 11) is 0. The molecule has 2 saturated heterocycles. The van der Waals surface area contributed by atoms with Gasteiger partial charge in [0.15, 0.2) is 0 Å². The summed E-state index contributed by atoms with van der Waals surface area (Å²) in [6.07, 6.45) is -4.70. The van der Waals surface area contributed by atoms with Crippen LogP contribution in [0.25, 0.3) is 21.3 Å². The molecule has 13 heteroatoms. The van der Waals surface area contributed by atoms with Crippen LogP contribution in [0.15, 0.2) is 54.0 Å².